The molecule has 2 aliphatic rings. The standard InChI is InChI=1S/C20H30ClN3O3S/c1-15-12-16(2)14-23(13-15)20(25)17(3)22-8-10-24(11-9-22)28(26,27)19-7-5-4-6-18(19)21/h4-7,15-17H,8-14H2,1-3H3/p+1/t15-,16-,17-/m1/s1. The van der Waals surface area contributed by atoms with Crippen molar-refractivity contribution in [2.45, 2.75) is 38.1 Å². The van der Waals surface area contributed by atoms with Crippen LogP contribution >= 0.6 is 11.6 Å². The minimum Gasteiger partial charge on any atom is -0.337 e. The van der Waals surface area contributed by atoms with Crippen LogP contribution in [0.4, 0.5) is 0 Å². The van der Waals surface area contributed by atoms with E-state index in [2.05, 4.69) is 13.8 Å². The van der Waals surface area contributed by atoms with Crippen LogP contribution in [0.25, 0.3) is 0 Å². The zero-order valence-corrected chi connectivity index (χ0v) is 18.5. The molecule has 3 rings (SSSR count). The van der Waals surface area contributed by atoms with E-state index in [0.717, 1.165) is 18.0 Å². The molecule has 0 aromatic heterocycles. The van der Waals surface area contributed by atoms with Gasteiger partial charge in [0.2, 0.25) is 10.0 Å². The summed E-state index contributed by atoms with van der Waals surface area (Å²) in [7, 11) is -3.60. The van der Waals surface area contributed by atoms with E-state index < -0.39 is 10.0 Å². The summed E-state index contributed by atoms with van der Waals surface area (Å²) in [4.78, 5) is 16.3. The van der Waals surface area contributed by atoms with Crippen LogP contribution < -0.4 is 4.90 Å². The van der Waals surface area contributed by atoms with E-state index in [-0.39, 0.29) is 21.9 Å². The lowest BCUT2D eigenvalue weighted by atomic mass is 9.91. The van der Waals surface area contributed by atoms with Gasteiger partial charge in [0.15, 0.2) is 6.04 Å². The number of hydrogen-bond acceptors (Lipinski definition) is 3. The molecule has 0 radical (unpaired) electrons. The van der Waals surface area contributed by atoms with Gasteiger partial charge in [-0.2, -0.15) is 4.31 Å². The van der Waals surface area contributed by atoms with Crippen molar-refractivity contribution in [3.63, 3.8) is 0 Å². The number of hydrogen-bond donors (Lipinski definition) is 1. The second-order valence-electron chi connectivity index (χ2n) is 8.40. The fourth-order valence-corrected chi connectivity index (χ4v) is 6.47. The highest BCUT2D eigenvalue weighted by Gasteiger charge is 2.37. The second kappa shape index (κ2) is 8.69. The molecule has 28 heavy (non-hydrogen) atoms. The molecule has 0 bridgehead atoms. The maximum atomic E-state index is 13.0. The van der Waals surface area contributed by atoms with E-state index >= 15 is 0 Å². The molecule has 2 saturated heterocycles. The van der Waals surface area contributed by atoms with Crippen molar-refractivity contribution in [3.8, 4) is 0 Å². The van der Waals surface area contributed by atoms with Gasteiger partial charge in [-0.1, -0.05) is 37.6 Å². The maximum absolute atomic E-state index is 13.0. The lowest BCUT2D eigenvalue weighted by Crippen LogP contribution is -3.19. The van der Waals surface area contributed by atoms with Crippen molar-refractivity contribution in [3.05, 3.63) is 29.3 Å². The van der Waals surface area contributed by atoms with Crippen molar-refractivity contribution in [2.75, 3.05) is 39.3 Å². The third kappa shape index (κ3) is 4.53. The number of benzene rings is 1. The van der Waals surface area contributed by atoms with Gasteiger partial charge < -0.3 is 9.80 Å². The topological polar surface area (TPSA) is 62.1 Å². The number of likely N-dealkylation sites (tertiary alicyclic amines) is 1. The molecule has 0 aliphatic carbocycles. The Morgan fingerprint density at radius 2 is 1.71 bits per heavy atom. The van der Waals surface area contributed by atoms with Crippen LogP contribution in [-0.4, -0.2) is 68.8 Å². The average Bonchev–Trinajstić information content (AvgIpc) is 2.66. The van der Waals surface area contributed by atoms with E-state index in [9.17, 15) is 13.2 Å². The van der Waals surface area contributed by atoms with Gasteiger partial charge in [0.1, 0.15) is 4.90 Å². The number of nitrogens with one attached hydrogen (secondary N) is 1. The number of nitrogens with zero attached hydrogens (tertiary/aromatic N) is 2. The molecule has 1 aromatic rings. The molecule has 2 aliphatic heterocycles. The molecule has 0 saturated carbocycles. The summed E-state index contributed by atoms with van der Waals surface area (Å²) in [6.45, 7) is 10.1. The second-order valence-corrected chi connectivity index (χ2v) is 10.7. The number of quaternary nitrogens is 1. The Morgan fingerprint density at radius 3 is 2.29 bits per heavy atom. The van der Waals surface area contributed by atoms with Crippen LogP contribution in [0.3, 0.4) is 0 Å². The normalized spacial score (nSPS) is 26.2. The number of piperidine rings is 1. The van der Waals surface area contributed by atoms with Crippen LogP contribution in [0.2, 0.25) is 5.02 Å². The Hall–Kier alpha value is -1.15. The molecule has 6 nitrogen and oxygen atoms in total. The van der Waals surface area contributed by atoms with Gasteiger partial charge >= 0.3 is 0 Å². The Labute approximate surface area is 173 Å². The molecule has 1 amide bonds. The van der Waals surface area contributed by atoms with Crippen molar-refractivity contribution in [1.29, 1.82) is 0 Å². The van der Waals surface area contributed by atoms with Gasteiger partial charge in [0.25, 0.3) is 5.91 Å². The summed E-state index contributed by atoms with van der Waals surface area (Å²) >= 11 is 6.10. The SMILES string of the molecule is C[C@@H]1C[C@@H](C)CN(C(=O)[C@@H](C)[NH+]2CCN(S(=O)(=O)c3ccccc3Cl)CC2)C1. The van der Waals surface area contributed by atoms with E-state index in [0.29, 0.717) is 38.0 Å². The van der Waals surface area contributed by atoms with Gasteiger partial charge in [-0.25, -0.2) is 8.42 Å². The minimum atomic E-state index is -3.60. The van der Waals surface area contributed by atoms with E-state index in [1.54, 1.807) is 24.3 Å². The number of carbonyl (C=O) groups excluding carboxylic acids is 1. The molecule has 3 atom stereocenters. The largest absolute Gasteiger partial charge is 0.337 e. The molecule has 2 heterocycles. The van der Waals surface area contributed by atoms with Gasteiger partial charge in [0.05, 0.1) is 31.2 Å². The summed E-state index contributed by atoms with van der Waals surface area (Å²) in [5.74, 6) is 1.26. The highest BCUT2D eigenvalue weighted by molar-refractivity contribution is 7.89. The molecular weight excluding hydrogens is 398 g/mol. The summed E-state index contributed by atoms with van der Waals surface area (Å²) < 4.78 is 27.3. The van der Waals surface area contributed by atoms with Crippen molar-refractivity contribution < 1.29 is 18.1 Å². The predicted molar refractivity (Wildman–Crippen MR) is 110 cm³/mol. The molecule has 2 fully saturated rings. The van der Waals surface area contributed by atoms with E-state index in [1.165, 1.54) is 10.7 Å². The van der Waals surface area contributed by atoms with E-state index in [4.69, 9.17) is 11.6 Å². The van der Waals surface area contributed by atoms with Gasteiger partial charge in [0, 0.05) is 13.1 Å². The summed E-state index contributed by atoms with van der Waals surface area (Å²) in [5, 5.41) is 0.245. The molecule has 0 spiro atoms. The first kappa shape index (κ1) is 21.6. The van der Waals surface area contributed by atoms with Crippen LogP contribution in [0.1, 0.15) is 27.2 Å². The molecule has 156 valence electrons. The fraction of sp³-hybridized carbons (Fsp3) is 0.650. The van der Waals surface area contributed by atoms with Crippen LogP contribution in [-0.2, 0) is 14.8 Å². The smallest absolute Gasteiger partial charge is 0.280 e. The van der Waals surface area contributed by atoms with Gasteiger partial charge in [-0.05, 0) is 37.3 Å². The highest BCUT2D eigenvalue weighted by atomic mass is 35.5. The Balaban J connectivity index is 1.62. The first-order valence-electron chi connectivity index (χ1n) is 10.1. The lowest BCUT2D eigenvalue weighted by molar-refractivity contribution is -0.918. The minimum absolute atomic E-state index is 0.150. The van der Waals surface area contributed by atoms with Crippen LogP contribution in [0.15, 0.2) is 29.2 Å². The summed E-state index contributed by atoms with van der Waals surface area (Å²) in [6, 6.07) is 6.39. The average molecular weight is 429 g/mol. The van der Waals surface area contributed by atoms with Gasteiger partial charge in [-0.3, -0.25) is 4.79 Å². The molecule has 1 N–H and O–H groups in total. The third-order valence-electron chi connectivity index (χ3n) is 5.98. The summed E-state index contributed by atoms with van der Waals surface area (Å²) in [6.07, 6.45) is 1.17. The maximum Gasteiger partial charge on any atom is 0.280 e. The first-order valence-corrected chi connectivity index (χ1v) is 11.9. The molecule has 1 aromatic carbocycles. The summed E-state index contributed by atoms with van der Waals surface area (Å²) in [5.41, 5.74) is 0. The number of sulfonamides is 1. The van der Waals surface area contributed by atoms with Crippen LogP contribution in [0.5, 0.6) is 0 Å². The number of carbonyl (C=O) groups is 1. The van der Waals surface area contributed by atoms with Crippen molar-refractivity contribution >= 4 is 27.5 Å². The Bertz CT molecular complexity index is 799. The Kier molecular flexibility index (Phi) is 6.69. The molecule has 0 unspecified atom stereocenters. The highest BCUT2D eigenvalue weighted by Crippen LogP contribution is 2.24. The third-order valence-corrected chi connectivity index (χ3v) is 8.38. The zero-order chi connectivity index (χ0) is 20.5. The fourth-order valence-electron chi connectivity index (χ4n) is 4.53. The zero-order valence-electron chi connectivity index (χ0n) is 16.9. The van der Waals surface area contributed by atoms with Crippen molar-refractivity contribution in [1.82, 2.24) is 9.21 Å². The number of rotatable bonds is 4. The van der Waals surface area contributed by atoms with Gasteiger partial charge in [-0.15, -0.1) is 0 Å². The monoisotopic (exact) mass is 428 g/mol. The quantitative estimate of drug-likeness (QED) is 0.781. The lowest BCUT2D eigenvalue weighted by Gasteiger charge is -2.39. The van der Waals surface area contributed by atoms with Crippen molar-refractivity contribution in [2.24, 2.45) is 11.8 Å². The number of halogens is 1. The van der Waals surface area contributed by atoms with E-state index in [1.807, 2.05) is 11.8 Å². The first-order chi connectivity index (χ1) is 13.2. The predicted octanol–water partition coefficient (Wildman–Crippen LogP) is 1.12. The molecular formula is C20H31ClN3O3S+. The molecule has 8 heteroatoms. The number of piperazine rings is 1. The van der Waals surface area contributed by atoms with Crippen LogP contribution in [0, 0.1) is 11.8 Å². The number of amides is 1. The Morgan fingerprint density at radius 1 is 1.14 bits per heavy atom.